The highest BCUT2D eigenvalue weighted by Crippen LogP contribution is 2.55. The molecule has 0 amide bonds. The van der Waals surface area contributed by atoms with Crippen molar-refractivity contribution in [3.8, 4) is 50.6 Å². The molecule has 15 heteroatoms. The molecule has 8 aromatic carbocycles. The van der Waals surface area contributed by atoms with Gasteiger partial charge >= 0.3 is 29.0 Å². The summed E-state index contributed by atoms with van der Waals surface area (Å²) in [5.74, 6) is 0.507. The van der Waals surface area contributed by atoms with Crippen molar-refractivity contribution in [2.75, 3.05) is 19.8 Å². The highest BCUT2D eigenvalue weighted by atomic mass is 31.2. The normalized spacial score (nSPS) is 14.2. The van der Waals surface area contributed by atoms with Crippen LogP contribution >= 0.6 is 22.8 Å². The van der Waals surface area contributed by atoms with Crippen LogP contribution in [0.25, 0.3) is 44.2 Å². The van der Waals surface area contributed by atoms with Gasteiger partial charge in [-0.05, 0) is 119 Å². The molecule has 0 saturated heterocycles. The van der Waals surface area contributed by atoms with Crippen molar-refractivity contribution in [1.29, 1.82) is 0 Å². The molecule has 0 bridgehead atoms. The highest BCUT2D eigenvalue weighted by Gasteiger charge is 2.34. The molecule has 0 N–H and O–H groups in total. The Morgan fingerprint density at radius 3 is 1.35 bits per heavy atom. The van der Waals surface area contributed by atoms with Crippen molar-refractivity contribution in [2.45, 2.75) is 45.4 Å². The predicted octanol–water partition coefficient (Wildman–Crippen LogP) is 17.3. The van der Waals surface area contributed by atoms with Crippen LogP contribution in [0.1, 0.15) is 43.0 Å². The van der Waals surface area contributed by atoms with E-state index in [0.717, 1.165) is 45.3 Å². The fourth-order valence-corrected chi connectivity index (χ4v) is 13.2. The molecular formula is C56H52F3O9P3. The average molecular weight is 1020 g/mol. The Bertz CT molecular complexity index is 3210. The van der Waals surface area contributed by atoms with E-state index in [1.54, 1.807) is 93.6 Å². The summed E-state index contributed by atoms with van der Waals surface area (Å²) < 4.78 is 121. The van der Waals surface area contributed by atoms with Crippen LogP contribution in [0.4, 0.5) is 13.2 Å². The summed E-state index contributed by atoms with van der Waals surface area (Å²) in [6, 6.07) is 54.7. The lowest BCUT2D eigenvalue weighted by Gasteiger charge is -2.21. The molecule has 0 aromatic heterocycles. The summed E-state index contributed by atoms with van der Waals surface area (Å²) in [6.07, 6.45) is -4.99. The monoisotopic (exact) mass is 1020 g/mol. The van der Waals surface area contributed by atoms with Crippen LogP contribution < -0.4 is 13.6 Å². The van der Waals surface area contributed by atoms with Crippen molar-refractivity contribution < 1.29 is 54.0 Å². The van der Waals surface area contributed by atoms with E-state index >= 15 is 0 Å². The van der Waals surface area contributed by atoms with Crippen molar-refractivity contribution >= 4 is 33.6 Å². The van der Waals surface area contributed by atoms with Gasteiger partial charge in [0.1, 0.15) is 17.2 Å². The van der Waals surface area contributed by atoms with E-state index in [-0.39, 0.29) is 49.6 Å². The van der Waals surface area contributed by atoms with Crippen molar-refractivity contribution in [1.82, 2.24) is 0 Å². The molecular weight excluding hydrogens is 967 g/mol. The number of hydrogen-bond donors (Lipinski definition) is 0. The zero-order chi connectivity index (χ0) is 50.1. The van der Waals surface area contributed by atoms with Gasteiger partial charge in [0.15, 0.2) is 0 Å². The Morgan fingerprint density at radius 2 is 0.817 bits per heavy atom. The number of benzene rings is 8. The number of alkyl halides is 3. The lowest BCUT2D eigenvalue weighted by molar-refractivity contribution is -0.137. The Kier molecular flexibility index (Phi) is 16.2. The fourth-order valence-electron chi connectivity index (χ4n) is 8.07. The zero-order valence-corrected chi connectivity index (χ0v) is 42.0. The third kappa shape index (κ3) is 13.4. The molecule has 0 spiro atoms. The summed E-state index contributed by atoms with van der Waals surface area (Å²) in [4.78, 5) is 0. The molecule has 8 rings (SSSR count). The van der Waals surface area contributed by atoms with Gasteiger partial charge < -0.3 is 13.6 Å². The maximum atomic E-state index is 14.7. The summed E-state index contributed by atoms with van der Waals surface area (Å²) >= 11 is 0. The maximum Gasteiger partial charge on any atom is 0.416 e. The Balaban J connectivity index is 1.01. The Labute approximate surface area is 412 Å². The first kappa shape index (κ1) is 51.1. The van der Waals surface area contributed by atoms with Crippen LogP contribution in [-0.2, 0) is 51.9 Å². The summed E-state index contributed by atoms with van der Waals surface area (Å²) in [5.41, 5.74) is 5.14. The molecule has 3 unspecified atom stereocenters. The largest absolute Gasteiger partial charge is 0.424 e. The second-order valence-corrected chi connectivity index (χ2v) is 22.5. The highest BCUT2D eigenvalue weighted by molar-refractivity contribution is 7.54. The van der Waals surface area contributed by atoms with Gasteiger partial charge in [-0.1, -0.05) is 146 Å². The molecule has 0 aliphatic rings. The second kappa shape index (κ2) is 22.5. The third-order valence-electron chi connectivity index (χ3n) is 11.3. The van der Waals surface area contributed by atoms with Crippen LogP contribution in [0.15, 0.2) is 188 Å². The van der Waals surface area contributed by atoms with E-state index in [0.29, 0.717) is 33.6 Å². The van der Waals surface area contributed by atoms with E-state index in [2.05, 4.69) is 0 Å². The van der Waals surface area contributed by atoms with Crippen LogP contribution in [0.3, 0.4) is 0 Å². The molecule has 0 fully saturated rings. The van der Waals surface area contributed by atoms with E-state index < -0.39 is 34.5 Å². The minimum Gasteiger partial charge on any atom is -0.424 e. The lowest BCUT2D eigenvalue weighted by atomic mass is 10.00. The number of hydrogen-bond acceptors (Lipinski definition) is 9. The van der Waals surface area contributed by atoms with Gasteiger partial charge in [-0.15, -0.1) is 0 Å². The summed E-state index contributed by atoms with van der Waals surface area (Å²) in [5, 5.41) is 1.53. The topological polar surface area (TPSA) is 107 Å². The molecule has 0 radical (unpaired) electrons. The van der Waals surface area contributed by atoms with Gasteiger partial charge in [0, 0.05) is 5.39 Å². The Hall–Kier alpha value is -6.22. The van der Waals surface area contributed by atoms with Gasteiger partial charge in [-0.2, -0.15) is 13.2 Å². The van der Waals surface area contributed by atoms with Gasteiger partial charge in [-0.25, -0.2) is 13.7 Å². The quantitative estimate of drug-likeness (QED) is 0.0650. The molecule has 0 aliphatic carbocycles. The number of rotatable bonds is 21. The van der Waals surface area contributed by atoms with Crippen LogP contribution in [0.2, 0.25) is 0 Å². The molecule has 9 nitrogen and oxygen atoms in total. The predicted molar refractivity (Wildman–Crippen MR) is 275 cm³/mol. The third-order valence-corrected chi connectivity index (χ3v) is 16.9. The molecule has 3 atom stereocenters. The van der Waals surface area contributed by atoms with Crippen molar-refractivity contribution in [2.24, 2.45) is 0 Å². The van der Waals surface area contributed by atoms with Crippen molar-refractivity contribution in [3.63, 3.8) is 0 Å². The van der Waals surface area contributed by atoms with Crippen LogP contribution in [0, 0.1) is 0 Å². The SMILES string of the molecule is CCOP(=O)(Cc1ccc(-c2cc(OP(=O)(Cc3ccc(-c4cc(OP(=O)(Cc5ccccc5)OCC)cc(C(F)(F)F)c4)cc3)OCC)c3ccccc3c2)cc1)Oc1ccc(-c2ccccc2)cc1. The first-order chi connectivity index (χ1) is 34.1. The van der Waals surface area contributed by atoms with E-state index in [1.165, 1.54) is 6.07 Å². The molecule has 0 heterocycles. The lowest BCUT2D eigenvalue weighted by Crippen LogP contribution is -2.07. The van der Waals surface area contributed by atoms with E-state index in [1.807, 2.05) is 97.1 Å². The number of halogens is 3. The number of fused-ring (bicyclic) bond motifs is 1. The minimum atomic E-state index is -4.74. The van der Waals surface area contributed by atoms with E-state index in [9.17, 15) is 26.9 Å². The smallest absolute Gasteiger partial charge is 0.416 e. The van der Waals surface area contributed by atoms with E-state index in [4.69, 9.17) is 27.1 Å². The fraction of sp³-hybridized carbons (Fsp3) is 0.179. The first-order valence-corrected chi connectivity index (χ1v) is 28.3. The van der Waals surface area contributed by atoms with Gasteiger partial charge in [0.25, 0.3) is 0 Å². The molecule has 71 heavy (non-hydrogen) atoms. The van der Waals surface area contributed by atoms with Gasteiger partial charge in [0.05, 0.1) is 43.9 Å². The van der Waals surface area contributed by atoms with Crippen LogP contribution in [-0.4, -0.2) is 19.8 Å². The molecule has 8 aromatic rings. The Morgan fingerprint density at radius 1 is 0.394 bits per heavy atom. The first-order valence-electron chi connectivity index (χ1n) is 23.1. The molecule has 366 valence electrons. The zero-order valence-electron chi connectivity index (χ0n) is 39.3. The van der Waals surface area contributed by atoms with Crippen molar-refractivity contribution in [3.05, 3.63) is 210 Å². The minimum absolute atomic E-state index is 0.0217. The van der Waals surface area contributed by atoms with Gasteiger partial charge in [-0.3, -0.25) is 13.6 Å². The van der Waals surface area contributed by atoms with Crippen LogP contribution in [0.5, 0.6) is 17.2 Å². The maximum absolute atomic E-state index is 14.7. The summed E-state index contributed by atoms with van der Waals surface area (Å²) in [6.45, 7) is 5.41. The van der Waals surface area contributed by atoms with Gasteiger partial charge in [0.2, 0.25) is 0 Å². The molecule has 0 saturated carbocycles. The molecule has 0 aliphatic heterocycles. The average Bonchev–Trinajstić information content (AvgIpc) is 3.35. The second-order valence-electron chi connectivity index (χ2n) is 16.5. The summed E-state index contributed by atoms with van der Waals surface area (Å²) in [7, 11) is -11.5. The standard InChI is InChI=1S/C56H52F3O9P3/c1-4-63-69(60,66-52-31-29-45(30-32-52)44-17-11-8-12-18-44)39-42-21-25-46(26-22-42)49-33-48-19-13-14-20-54(48)55(36-49)68-71(62,65-6-3)40-43-23-27-47(28-24-43)50-34-51(56(57,58)59)37-53(35-50)67-70(61,64-5-2)38-41-15-9-7-10-16-41/h7-37H,4-6,38-40H2,1-3H3.